The van der Waals surface area contributed by atoms with Crippen molar-refractivity contribution in [1.29, 1.82) is 0 Å². The van der Waals surface area contributed by atoms with E-state index in [4.69, 9.17) is 0 Å². The molecule has 4 nitrogen and oxygen atoms in total. The summed E-state index contributed by atoms with van der Waals surface area (Å²) in [7, 11) is 2.17. The highest BCUT2D eigenvalue weighted by Crippen LogP contribution is 2.30. The second-order valence-corrected chi connectivity index (χ2v) is 6.91. The summed E-state index contributed by atoms with van der Waals surface area (Å²) in [5.41, 5.74) is 3.64. The minimum Gasteiger partial charge on any atom is -0.356 e. The number of hydrogen-bond donors (Lipinski definition) is 1. The quantitative estimate of drug-likeness (QED) is 0.878. The van der Waals surface area contributed by atoms with Crippen LogP contribution in [0.4, 0.5) is 0 Å². The first kappa shape index (κ1) is 17.6. The van der Waals surface area contributed by atoms with Crippen LogP contribution >= 0.6 is 0 Å². The van der Waals surface area contributed by atoms with Gasteiger partial charge >= 0.3 is 0 Å². The number of pyridine rings is 1. The SMILES string of the molecule is CCNC(=O)C1CCC(N(C)Cc2ccc(-c3cccnc3)cc2)C1. The van der Waals surface area contributed by atoms with E-state index in [2.05, 4.69) is 52.6 Å². The number of rotatable bonds is 6. The molecule has 2 atom stereocenters. The molecule has 1 heterocycles. The number of benzene rings is 1. The fourth-order valence-electron chi connectivity index (χ4n) is 3.67. The van der Waals surface area contributed by atoms with Crippen molar-refractivity contribution >= 4 is 5.91 Å². The third-order valence-electron chi connectivity index (χ3n) is 5.13. The molecule has 1 aliphatic carbocycles. The molecule has 4 heteroatoms. The summed E-state index contributed by atoms with van der Waals surface area (Å²) in [5.74, 6) is 0.402. The Morgan fingerprint density at radius 1 is 1.20 bits per heavy atom. The summed E-state index contributed by atoms with van der Waals surface area (Å²) in [6.07, 6.45) is 6.76. The lowest BCUT2D eigenvalue weighted by atomic mass is 10.0. The molecule has 1 aromatic heterocycles. The Morgan fingerprint density at radius 3 is 2.68 bits per heavy atom. The minimum absolute atomic E-state index is 0.181. The lowest BCUT2D eigenvalue weighted by Gasteiger charge is -2.24. The van der Waals surface area contributed by atoms with Crippen LogP contribution in [0, 0.1) is 5.92 Å². The number of carbonyl (C=O) groups excluding carboxylic acids is 1. The Hall–Kier alpha value is -2.20. The molecular weight excluding hydrogens is 310 g/mol. The maximum absolute atomic E-state index is 12.0. The minimum atomic E-state index is 0.181. The standard InChI is InChI=1S/C21H27N3O/c1-3-23-21(25)18-10-11-20(13-18)24(2)15-16-6-8-17(9-7-16)19-5-4-12-22-14-19/h4-9,12,14,18,20H,3,10-11,13,15H2,1-2H3,(H,23,25). The molecule has 0 saturated heterocycles. The summed E-state index contributed by atoms with van der Waals surface area (Å²) >= 11 is 0. The van der Waals surface area contributed by atoms with E-state index in [1.807, 2.05) is 19.2 Å². The smallest absolute Gasteiger partial charge is 0.223 e. The van der Waals surface area contributed by atoms with Gasteiger partial charge in [-0.15, -0.1) is 0 Å². The van der Waals surface area contributed by atoms with Crippen molar-refractivity contribution < 1.29 is 4.79 Å². The van der Waals surface area contributed by atoms with Crippen LogP contribution in [-0.4, -0.2) is 35.4 Å². The molecule has 132 valence electrons. The van der Waals surface area contributed by atoms with Gasteiger partial charge in [-0.1, -0.05) is 30.3 Å². The fourth-order valence-corrected chi connectivity index (χ4v) is 3.67. The topological polar surface area (TPSA) is 45.2 Å². The second-order valence-electron chi connectivity index (χ2n) is 6.91. The lowest BCUT2D eigenvalue weighted by Crippen LogP contribution is -2.32. The average molecular weight is 337 g/mol. The highest BCUT2D eigenvalue weighted by molar-refractivity contribution is 5.78. The van der Waals surface area contributed by atoms with E-state index in [1.54, 1.807) is 6.20 Å². The van der Waals surface area contributed by atoms with Gasteiger partial charge in [0.25, 0.3) is 0 Å². The monoisotopic (exact) mass is 337 g/mol. The Morgan fingerprint density at radius 2 is 2.00 bits per heavy atom. The molecule has 3 rings (SSSR count). The normalized spacial score (nSPS) is 20.0. The van der Waals surface area contributed by atoms with Gasteiger partial charge in [0.15, 0.2) is 0 Å². The van der Waals surface area contributed by atoms with Crippen molar-refractivity contribution in [2.45, 2.75) is 38.8 Å². The van der Waals surface area contributed by atoms with E-state index in [-0.39, 0.29) is 11.8 Å². The Labute approximate surface area is 150 Å². The highest BCUT2D eigenvalue weighted by atomic mass is 16.1. The molecule has 0 spiro atoms. The molecule has 1 fully saturated rings. The summed E-state index contributed by atoms with van der Waals surface area (Å²) in [4.78, 5) is 18.6. The predicted molar refractivity (Wildman–Crippen MR) is 101 cm³/mol. The average Bonchev–Trinajstić information content (AvgIpc) is 3.14. The molecular formula is C21H27N3O. The maximum Gasteiger partial charge on any atom is 0.223 e. The van der Waals surface area contributed by atoms with Crippen molar-refractivity contribution in [3.8, 4) is 11.1 Å². The Bertz CT molecular complexity index is 684. The number of aromatic nitrogens is 1. The van der Waals surface area contributed by atoms with Gasteiger partial charge in [0, 0.05) is 37.4 Å². The van der Waals surface area contributed by atoms with E-state index in [1.165, 1.54) is 11.1 Å². The summed E-state index contributed by atoms with van der Waals surface area (Å²) < 4.78 is 0. The molecule has 1 aliphatic rings. The van der Waals surface area contributed by atoms with Crippen LogP contribution in [0.5, 0.6) is 0 Å². The zero-order chi connectivity index (χ0) is 17.6. The van der Waals surface area contributed by atoms with Crippen molar-refractivity contribution in [2.24, 2.45) is 5.92 Å². The second kappa shape index (κ2) is 8.26. The van der Waals surface area contributed by atoms with Gasteiger partial charge in [-0.25, -0.2) is 0 Å². The first-order chi connectivity index (χ1) is 12.2. The van der Waals surface area contributed by atoms with E-state index < -0.39 is 0 Å². The van der Waals surface area contributed by atoms with Gasteiger partial charge < -0.3 is 5.32 Å². The van der Waals surface area contributed by atoms with E-state index in [0.717, 1.165) is 37.9 Å². The zero-order valence-electron chi connectivity index (χ0n) is 15.1. The van der Waals surface area contributed by atoms with Crippen LogP contribution < -0.4 is 5.32 Å². The number of amides is 1. The molecule has 1 amide bonds. The van der Waals surface area contributed by atoms with Gasteiger partial charge in [0.05, 0.1) is 0 Å². The first-order valence-corrected chi connectivity index (χ1v) is 9.14. The molecule has 1 N–H and O–H groups in total. The summed E-state index contributed by atoms with van der Waals surface area (Å²) in [5, 5.41) is 2.96. The molecule has 0 aliphatic heterocycles. The lowest BCUT2D eigenvalue weighted by molar-refractivity contribution is -0.124. The first-order valence-electron chi connectivity index (χ1n) is 9.14. The molecule has 1 saturated carbocycles. The van der Waals surface area contributed by atoms with Crippen molar-refractivity contribution in [1.82, 2.24) is 15.2 Å². The number of nitrogens with zero attached hydrogens (tertiary/aromatic N) is 2. The molecule has 1 aromatic carbocycles. The van der Waals surface area contributed by atoms with E-state index in [0.29, 0.717) is 6.04 Å². The van der Waals surface area contributed by atoms with Crippen LogP contribution in [0.2, 0.25) is 0 Å². The van der Waals surface area contributed by atoms with Crippen molar-refractivity contribution in [2.75, 3.05) is 13.6 Å². The third-order valence-corrected chi connectivity index (χ3v) is 5.13. The van der Waals surface area contributed by atoms with Crippen LogP contribution in [0.25, 0.3) is 11.1 Å². The molecule has 2 aromatic rings. The van der Waals surface area contributed by atoms with Crippen molar-refractivity contribution in [3.05, 3.63) is 54.4 Å². The largest absolute Gasteiger partial charge is 0.356 e. The zero-order valence-corrected chi connectivity index (χ0v) is 15.1. The van der Waals surface area contributed by atoms with Crippen molar-refractivity contribution in [3.63, 3.8) is 0 Å². The van der Waals surface area contributed by atoms with Gasteiger partial charge in [-0.2, -0.15) is 0 Å². The van der Waals surface area contributed by atoms with Gasteiger partial charge in [-0.3, -0.25) is 14.7 Å². The van der Waals surface area contributed by atoms with Crippen LogP contribution in [0.3, 0.4) is 0 Å². The third kappa shape index (κ3) is 4.45. The van der Waals surface area contributed by atoms with Crippen LogP contribution in [0.15, 0.2) is 48.8 Å². The molecule has 0 bridgehead atoms. The molecule has 0 radical (unpaired) electrons. The van der Waals surface area contributed by atoms with E-state index >= 15 is 0 Å². The van der Waals surface area contributed by atoms with Crippen LogP contribution in [-0.2, 0) is 11.3 Å². The Kier molecular flexibility index (Phi) is 5.82. The maximum atomic E-state index is 12.0. The number of nitrogens with one attached hydrogen (secondary N) is 1. The number of hydrogen-bond acceptors (Lipinski definition) is 3. The van der Waals surface area contributed by atoms with Gasteiger partial charge in [0.2, 0.25) is 5.91 Å². The predicted octanol–water partition coefficient (Wildman–Crippen LogP) is 3.49. The Balaban J connectivity index is 1.56. The van der Waals surface area contributed by atoms with Gasteiger partial charge in [-0.05, 0) is 56.0 Å². The highest BCUT2D eigenvalue weighted by Gasteiger charge is 2.31. The number of carbonyl (C=O) groups is 1. The molecule has 25 heavy (non-hydrogen) atoms. The molecule has 2 unspecified atom stereocenters. The summed E-state index contributed by atoms with van der Waals surface area (Å²) in [6.45, 7) is 3.62. The fraction of sp³-hybridized carbons (Fsp3) is 0.429. The van der Waals surface area contributed by atoms with E-state index in [9.17, 15) is 4.79 Å². The van der Waals surface area contributed by atoms with Gasteiger partial charge in [0.1, 0.15) is 0 Å². The van der Waals surface area contributed by atoms with Crippen LogP contribution in [0.1, 0.15) is 31.7 Å². The summed E-state index contributed by atoms with van der Waals surface area (Å²) in [6, 6.07) is 13.2.